The molecule has 3 aromatic rings. The number of rotatable bonds is 6. The van der Waals surface area contributed by atoms with E-state index in [9.17, 15) is 4.79 Å². The average molecular weight is 384 g/mol. The number of carbonyl (C=O) groups is 1. The molecule has 6 heteroatoms. The van der Waals surface area contributed by atoms with Crippen LogP contribution in [0.1, 0.15) is 39.8 Å². The number of ether oxygens (including phenoxy) is 2. The molecule has 6 nitrogen and oxygen atoms in total. The van der Waals surface area contributed by atoms with Gasteiger partial charge in [0.05, 0.1) is 17.6 Å². The Hall–Kier alpha value is -2.76. The number of fused-ring (bicyclic) bond motifs is 3. The summed E-state index contributed by atoms with van der Waals surface area (Å²) in [5.41, 5.74) is 1.30. The van der Waals surface area contributed by atoms with Gasteiger partial charge < -0.3 is 18.9 Å². The lowest BCUT2D eigenvalue weighted by molar-refractivity contribution is 0.0278. The molecule has 0 spiro atoms. The highest BCUT2D eigenvalue weighted by Gasteiger charge is 2.19. The van der Waals surface area contributed by atoms with Crippen LogP contribution in [0.25, 0.3) is 21.7 Å². The van der Waals surface area contributed by atoms with E-state index < -0.39 is 5.60 Å². The van der Waals surface area contributed by atoms with E-state index in [1.54, 1.807) is 7.05 Å². The van der Waals surface area contributed by atoms with E-state index in [-0.39, 0.29) is 6.09 Å². The molecule has 0 aliphatic heterocycles. The van der Waals surface area contributed by atoms with Gasteiger partial charge in [-0.25, -0.2) is 4.79 Å². The van der Waals surface area contributed by atoms with Gasteiger partial charge >= 0.3 is 6.09 Å². The number of benzene rings is 2. The van der Waals surface area contributed by atoms with Crippen molar-refractivity contribution in [2.24, 2.45) is 0 Å². The molecular weight excluding hydrogens is 356 g/mol. The number of likely N-dealkylation sites (N-methyl/N-ethyl adjacent to an activating group) is 1. The number of aryl methyl sites for hydroxylation is 1. The lowest BCUT2D eigenvalue weighted by Crippen LogP contribution is -2.36. The fourth-order valence-corrected chi connectivity index (χ4v) is 3.04. The summed E-state index contributed by atoms with van der Waals surface area (Å²) in [6.07, 6.45) is 1.55. The van der Waals surface area contributed by atoms with Crippen LogP contribution < -0.4 is 4.74 Å². The number of aromatic nitrogens is 1. The number of nitrogens with zero attached hydrogens (tertiary/aromatic N) is 2. The SMILES string of the molecule is CCCc1noc2ccc3cc(OCCN(C)C(=O)OC(C)(C)C)ccc3c12. The minimum absolute atomic E-state index is 0.354. The van der Waals surface area contributed by atoms with E-state index >= 15 is 0 Å². The Morgan fingerprint density at radius 2 is 2.00 bits per heavy atom. The van der Waals surface area contributed by atoms with Crippen molar-refractivity contribution in [1.29, 1.82) is 0 Å². The molecule has 0 atom stereocenters. The molecule has 28 heavy (non-hydrogen) atoms. The zero-order valence-electron chi connectivity index (χ0n) is 17.2. The molecule has 0 unspecified atom stereocenters. The predicted octanol–water partition coefficient (Wildman–Crippen LogP) is 5.18. The zero-order valence-corrected chi connectivity index (χ0v) is 17.2. The summed E-state index contributed by atoms with van der Waals surface area (Å²) in [7, 11) is 1.70. The molecule has 0 bridgehead atoms. The number of amides is 1. The Bertz CT molecular complexity index is 972. The Morgan fingerprint density at radius 3 is 2.71 bits per heavy atom. The predicted molar refractivity (Wildman–Crippen MR) is 110 cm³/mol. The van der Waals surface area contributed by atoms with Crippen molar-refractivity contribution < 1.29 is 18.8 Å². The van der Waals surface area contributed by atoms with E-state index in [4.69, 9.17) is 14.0 Å². The summed E-state index contributed by atoms with van der Waals surface area (Å²) in [6.45, 7) is 8.51. The Kier molecular flexibility index (Phi) is 5.77. The van der Waals surface area contributed by atoms with Crippen LogP contribution in [0, 0.1) is 0 Å². The van der Waals surface area contributed by atoms with Crippen LogP contribution in [0.3, 0.4) is 0 Å². The van der Waals surface area contributed by atoms with Crippen molar-refractivity contribution >= 4 is 27.8 Å². The van der Waals surface area contributed by atoms with Crippen molar-refractivity contribution in [2.75, 3.05) is 20.2 Å². The third-order valence-corrected chi connectivity index (χ3v) is 4.38. The Morgan fingerprint density at radius 1 is 1.21 bits per heavy atom. The summed E-state index contributed by atoms with van der Waals surface area (Å²) < 4.78 is 16.6. The highest BCUT2D eigenvalue weighted by atomic mass is 16.6. The molecular formula is C22H28N2O4. The van der Waals surface area contributed by atoms with Gasteiger partial charge in [-0.15, -0.1) is 0 Å². The number of hydrogen-bond donors (Lipinski definition) is 0. The van der Waals surface area contributed by atoms with Crippen molar-refractivity contribution in [2.45, 2.75) is 46.1 Å². The first-order chi connectivity index (χ1) is 13.3. The quantitative estimate of drug-likeness (QED) is 0.586. The number of hydrogen-bond acceptors (Lipinski definition) is 5. The molecule has 0 saturated heterocycles. The number of carbonyl (C=O) groups excluding carboxylic acids is 1. The van der Waals surface area contributed by atoms with Gasteiger partial charge in [0, 0.05) is 7.05 Å². The van der Waals surface area contributed by atoms with Gasteiger partial charge in [0.2, 0.25) is 0 Å². The van der Waals surface area contributed by atoms with E-state index in [1.165, 1.54) is 4.90 Å². The van der Waals surface area contributed by atoms with Gasteiger partial charge in [0.25, 0.3) is 0 Å². The second-order valence-corrected chi connectivity index (χ2v) is 7.95. The van der Waals surface area contributed by atoms with E-state index in [1.807, 2.05) is 51.1 Å². The van der Waals surface area contributed by atoms with Crippen LogP contribution in [0.15, 0.2) is 34.9 Å². The van der Waals surface area contributed by atoms with E-state index in [0.29, 0.717) is 13.2 Å². The van der Waals surface area contributed by atoms with Crippen molar-refractivity contribution in [1.82, 2.24) is 10.1 Å². The zero-order chi connectivity index (χ0) is 20.3. The lowest BCUT2D eigenvalue weighted by Gasteiger charge is -2.24. The molecule has 1 heterocycles. The van der Waals surface area contributed by atoms with Gasteiger partial charge in [0.15, 0.2) is 5.58 Å². The van der Waals surface area contributed by atoms with E-state index in [0.717, 1.165) is 46.0 Å². The molecule has 0 aliphatic rings. The normalized spacial score (nSPS) is 11.8. The minimum Gasteiger partial charge on any atom is -0.492 e. The van der Waals surface area contributed by atoms with Crippen molar-refractivity contribution in [3.8, 4) is 5.75 Å². The van der Waals surface area contributed by atoms with Crippen LogP contribution in [0.4, 0.5) is 4.79 Å². The van der Waals surface area contributed by atoms with Crippen LogP contribution >= 0.6 is 0 Å². The summed E-state index contributed by atoms with van der Waals surface area (Å²) in [5.74, 6) is 0.762. The maximum atomic E-state index is 12.0. The highest BCUT2D eigenvalue weighted by molar-refractivity contribution is 6.07. The molecule has 1 amide bonds. The van der Waals surface area contributed by atoms with Gasteiger partial charge in [0.1, 0.15) is 18.0 Å². The van der Waals surface area contributed by atoms with Crippen LogP contribution in [0.2, 0.25) is 0 Å². The van der Waals surface area contributed by atoms with Crippen LogP contribution in [-0.2, 0) is 11.2 Å². The molecule has 3 rings (SSSR count). The van der Waals surface area contributed by atoms with Gasteiger partial charge in [-0.1, -0.05) is 24.6 Å². The fraction of sp³-hybridized carbons (Fsp3) is 0.455. The molecule has 2 aromatic carbocycles. The minimum atomic E-state index is -0.506. The highest BCUT2D eigenvalue weighted by Crippen LogP contribution is 2.31. The topological polar surface area (TPSA) is 64.8 Å². The molecule has 0 saturated carbocycles. The third kappa shape index (κ3) is 4.55. The molecule has 0 N–H and O–H groups in total. The Balaban J connectivity index is 1.69. The van der Waals surface area contributed by atoms with Crippen molar-refractivity contribution in [3.63, 3.8) is 0 Å². The second-order valence-electron chi connectivity index (χ2n) is 7.95. The maximum absolute atomic E-state index is 12.0. The van der Waals surface area contributed by atoms with Gasteiger partial charge in [-0.05, 0) is 62.2 Å². The first-order valence-corrected chi connectivity index (χ1v) is 9.66. The molecule has 0 fully saturated rings. The average Bonchev–Trinajstić information content (AvgIpc) is 3.03. The summed E-state index contributed by atoms with van der Waals surface area (Å²) in [5, 5.41) is 7.48. The smallest absolute Gasteiger partial charge is 0.410 e. The molecule has 1 aromatic heterocycles. The summed E-state index contributed by atoms with van der Waals surface area (Å²) >= 11 is 0. The first kappa shape index (κ1) is 20.0. The molecule has 0 radical (unpaired) electrons. The monoisotopic (exact) mass is 384 g/mol. The standard InChI is InChI=1S/C22H28N2O4/c1-6-7-18-20-17-10-9-16(14-15(17)8-11-19(20)28-23-18)26-13-12-24(5)21(25)27-22(2,3)4/h8-11,14H,6-7,12-13H2,1-5H3. The van der Waals surface area contributed by atoms with E-state index in [2.05, 4.69) is 12.1 Å². The van der Waals surface area contributed by atoms with Crippen molar-refractivity contribution in [3.05, 3.63) is 36.0 Å². The fourth-order valence-electron chi connectivity index (χ4n) is 3.04. The Labute approximate surface area is 165 Å². The molecule has 0 aliphatic carbocycles. The third-order valence-electron chi connectivity index (χ3n) is 4.38. The van der Waals surface area contributed by atoms with Crippen LogP contribution in [-0.4, -0.2) is 42.0 Å². The second kappa shape index (κ2) is 8.09. The lowest BCUT2D eigenvalue weighted by atomic mass is 10.0. The van der Waals surface area contributed by atoms with Gasteiger partial charge in [-0.2, -0.15) is 0 Å². The largest absolute Gasteiger partial charge is 0.492 e. The van der Waals surface area contributed by atoms with Crippen LogP contribution in [0.5, 0.6) is 5.75 Å². The summed E-state index contributed by atoms with van der Waals surface area (Å²) in [4.78, 5) is 13.5. The first-order valence-electron chi connectivity index (χ1n) is 9.66. The van der Waals surface area contributed by atoms with Gasteiger partial charge in [-0.3, -0.25) is 0 Å². The molecule has 150 valence electrons. The summed E-state index contributed by atoms with van der Waals surface area (Å²) in [6, 6.07) is 9.95. The maximum Gasteiger partial charge on any atom is 0.410 e.